The lowest BCUT2D eigenvalue weighted by molar-refractivity contribution is 0.0578. The van der Waals surface area contributed by atoms with Crippen LogP contribution in [0.5, 0.6) is 11.5 Å². The number of amides is 1. The maximum atomic E-state index is 13.9. The first-order valence-corrected chi connectivity index (χ1v) is 11.3. The van der Waals surface area contributed by atoms with E-state index in [0.29, 0.717) is 16.7 Å². The van der Waals surface area contributed by atoms with Crippen LogP contribution in [0.15, 0.2) is 47.7 Å². The molecule has 0 fully saturated rings. The van der Waals surface area contributed by atoms with Crippen LogP contribution in [0.4, 0.5) is 19.5 Å². The summed E-state index contributed by atoms with van der Waals surface area (Å²) >= 11 is 0. The van der Waals surface area contributed by atoms with Gasteiger partial charge < -0.3 is 9.47 Å². The summed E-state index contributed by atoms with van der Waals surface area (Å²) in [6.07, 6.45) is 3.11. The molecule has 0 saturated carbocycles. The van der Waals surface area contributed by atoms with Crippen LogP contribution in [-0.2, 0) is 11.8 Å². The van der Waals surface area contributed by atoms with Crippen molar-refractivity contribution in [3.8, 4) is 22.8 Å². The fourth-order valence-corrected chi connectivity index (χ4v) is 3.44. The van der Waals surface area contributed by atoms with Gasteiger partial charge in [0.25, 0.3) is 11.5 Å². The molecule has 4 heterocycles. The maximum Gasteiger partial charge on any atom is 0.417 e. The molecule has 0 N–H and O–H groups in total. The minimum Gasteiger partial charge on any atom is -0.452 e. The van der Waals surface area contributed by atoms with Crippen LogP contribution in [0.1, 0.15) is 27.7 Å². The van der Waals surface area contributed by atoms with Crippen molar-refractivity contribution in [3.05, 3.63) is 65.0 Å². The van der Waals surface area contributed by atoms with Crippen molar-refractivity contribution in [2.75, 3.05) is 11.4 Å². The highest BCUT2D eigenvalue weighted by molar-refractivity contribution is 5.86. The number of fused-ring (bicyclic) bond motifs is 1. The van der Waals surface area contributed by atoms with Gasteiger partial charge in [0.1, 0.15) is 11.4 Å². The maximum absolute atomic E-state index is 13.9. The molecule has 4 aromatic rings. The van der Waals surface area contributed by atoms with E-state index in [1.807, 2.05) is 0 Å². The van der Waals surface area contributed by atoms with E-state index in [9.17, 15) is 18.4 Å². The van der Waals surface area contributed by atoms with Gasteiger partial charge >= 0.3 is 6.09 Å². The number of halogens is 2. The Morgan fingerprint density at radius 3 is 2.57 bits per heavy atom. The van der Waals surface area contributed by atoms with Crippen molar-refractivity contribution in [3.63, 3.8) is 0 Å². The summed E-state index contributed by atoms with van der Waals surface area (Å²) < 4.78 is 39.3. The first kappa shape index (κ1) is 25.6. The smallest absolute Gasteiger partial charge is 0.417 e. The predicted molar refractivity (Wildman–Crippen MR) is 131 cm³/mol. The number of hydrogen-bond donors (Lipinski definition) is 0. The number of anilines is 1. The van der Waals surface area contributed by atoms with Gasteiger partial charge in [0.2, 0.25) is 11.8 Å². The molecule has 0 bridgehead atoms. The Morgan fingerprint density at radius 2 is 1.86 bits per heavy atom. The minimum absolute atomic E-state index is 0.131. The second-order valence-corrected chi connectivity index (χ2v) is 8.99. The lowest BCUT2D eigenvalue weighted by atomic mass is 10.2. The number of hydrogen-bond acceptors (Lipinski definition) is 8. The molecular weight excluding hydrogens is 486 g/mol. The second kappa shape index (κ2) is 9.88. The summed E-state index contributed by atoms with van der Waals surface area (Å²) in [7, 11) is 1.51. The second-order valence-electron chi connectivity index (χ2n) is 8.99. The molecule has 1 amide bonds. The first-order chi connectivity index (χ1) is 17.5. The zero-order chi connectivity index (χ0) is 26.9. The molecule has 0 radical (unpaired) electrons. The Balaban J connectivity index is 1.64. The van der Waals surface area contributed by atoms with Gasteiger partial charge in [0.15, 0.2) is 11.4 Å². The average molecular weight is 511 g/mol. The molecule has 0 saturated heterocycles. The third-order valence-electron chi connectivity index (χ3n) is 5.15. The standard InChI is InChI=1S/C25H24F2N6O4/c1-6-33(24(35)37-25(2,3)4)23-30-13-16(22(34)32(23)5)17-8-7-14-11-15(12-29-21(14)31-17)36-18-9-10-28-20(27)19(18)26/h7-13H,6H2,1-5H3. The topological polar surface area (TPSA) is 112 Å². The van der Waals surface area contributed by atoms with Crippen LogP contribution in [0.3, 0.4) is 0 Å². The number of aromatic nitrogens is 5. The quantitative estimate of drug-likeness (QED) is 0.358. The summed E-state index contributed by atoms with van der Waals surface area (Å²) in [5, 5.41) is 0.541. The fraction of sp³-hybridized carbons (Fsp3) is 0.280. The van der Waals surface area contributed by atoms with Crippen molar-refractivity contribution < 1.29 is 23.0 Å². The lowest BCUT2D eigenvalue weighted by Crippen LogP contribution is -2.40. The van der Waals surface area contributed by atoms with Gasteiger partial charge in [-0.05, 0) is 45.9 Å². The fourth-order valence-electron chi connectivity index (χ4n) is 3.44. The summed E-state index contributed by atoms with van der Waals surface area (Å²) in [5.74, 6) is -2.52. The molecule has 0 unspecified atom stereocenters. The normalized spacial score (nSPS) is 11.4. The van der Waals surface area contributed by atoms with E-state index in [1.165, 1.54) is 35.0 Å². The Morgan fingerprint density at radius 1 is 1.11 bits per heavy atom. The van der Waals surface area contributed by atoms with Gasteiger partial charge in [-0.2, -0.15) is 8.78 Å². The van der Waals surface area contributed by atoms with Crippen LogP contribution in [-0.4, -0.2) is 42.7 Å². The van der Waals surface area contributed by atoms with Crippen LogP contribution in [0.25, 0.3) is 22.3 Å². The molecule has 0 spiro atoms. The van der Waals surface area contributed by atoms with E-state index >= 15 is 0 Å². The van der Waals surface area contributed by atoms with E-state index in [0.717, 1.165) is 6.20 Å². The predicted octanol–water partition coefficient (Wildman–Crippen LogP) is 4.62. The molecule has 4 aromatic heterocycles. The van der Waals surface area contributed by atoms with Gasteiger partial charge in [-0.3, -0.25) is 9.36 Å². The largest absolute Gasteiger partial charge is 0.452 e. The number of pyridine rings is 3. The van der Waals surface area contributed by atoms with Crippen LogP contribution < -0.4 is 15.2 Å². The molecule has 0 aliphatic carbocycles. The minimum atomic E-state index is -1.27. The van der Waals surface area contributed by atoms with Crippen LogP contribution >= 0.6 is 0 Å². The highest BCUT2D eigenvalue weighted by atomic mass is 19.2. The molecule has 192 valence electrons. The number of nitrogens with zero attached hydrogens (tertiary/aromatic N) is 6. The van der Waals surface area contributed by atoms with Crippen molar-refractivity contribution >= 4 is 23.1 Å². The van der Waals surface area contributed by atoms with E-state index in [-0.39, 0.29) is 29.6 Å². The molecule has 0 atom stereocenters. The first-order valence-electron chi connectivity index (χ1n) is 11.3. The van der Waals surface area contributed by atoms with Crippen LogP contribution in [0, 0.1) is 11.8 Å². The van der Waals surface area contributed by atoms with Crippen molar-refractivity contribution in [2.45, 2.75) is 33.3 Å². The SMILES string of the molecule is CCN(C(=O)OC(C)(C)C)c1ncc(-c2ccc3cc(Oc4ccnc(F)c4F)cnc3n2)c(=O)n1C. The third kappa shape index (κ3) is 5.37. The van der Waals surface area contributed by atoms with Gasteiger partial charge in [0.05, 0.1) is 17.5 Å². The van der Waals surface area contributed by atoms with Gasteiger partial charge in [0, 0.05) is 37.4 Å². The highest BCUT2D eigenvalue weighted by Gasteiger charge is 2.25. The molecule has 0 aromatic carbocycles. The van der Waals surface area contributed by atoms with Gasteiger partial charge in [-0.15, -0.1) is 0 Å². The Kier molecular flexibility index (Phi) is 6.84. The molecule has 4 rings (SSSR count). The molecule has 0 aliphatic heterocycles. The van der Waals surface area contributed by atoms with E-state index in [2.05, 4.69) is 19.9 Å². The number of rotatable bonds is 5. The average Bonchev–Trinajstić information content (AvgIpc) is 2.84. The zero-order valence-corrected chi connectivity index (χ0v) is 20.8. The Bertz CT molecular complexity index is 1550. The summed E-state index contributed by atoms with van der Waals surface area (Å²) in [6, 6.07) is 6.01. The molecule has 0 aliphatic rings. The molecular formula is C25H24F2N6O4. The van der Waals surface area contributed by atoms with Crippen LogP contribution in [0.2, 0.25) is 0 Å². The zero-order valence-electron chi connectivity index (χ0n) is 20.8. The van der Waals surface area contributed by atoms with E-state index in [1.54, 1.807) is 45.9 Å². The number of carbonyl (C=O) groups is 1. The third-order valence-corrected chi connectivity index (χ3v) is 5.15. The monoisotopic (exact) mass is 510 g/mol. The highest BCUT2D eigenvalue weighted by Crippen LogP contribution is 2.27. The number of ether oxygens (including phenoxy) is 2. The van der Waals surface area contributed by atoms with Gasteiger partial charge in [-0.25, -0.2) is 29.6 Å². The Hall–Kier alpha value is -4.48. The summed E-state index contributed by atoms with van der Waals surface area (Å²) in [6.45, 7) is 7.24. The van der Waals surface area contributed by atoms with Gasteiger partial charge in [-0.1, -0.05) is 0 Å². The van der Waals surface area contributed by atoms with E-state index in [4.69, 9.17) is 9.47 Å². The van der Waals surface area contributed by atoms with Crippen molar-refractivity contribution in [1.82, 2.24) is 24.5 Å². The summed E-state index contributed by atoms with van der Waals surface area (Å²) in [5.41, 5.74) is -0.324. The van der Waals surface area contributed by atoms with Crippen molar-refractivity contribution in [1.29, 1.82) is 0 Å². The molecule has 10 nitrogen and oxygen atoms in total. The number of carbonyl (C=O) groups excluding carboxylic acids is 1. The molecule has 12 heteroatoms. The van der Waals surface area contributed by atoms with E-state index < -0.39 is 29.0 Å². The van der Waals surface area contributed by atoms with Crippen molar-refractivity contribution in [2.24, 2.45) is 7.05 Å². The molecule has 37 heavy (non-hydrogen) atoms. The lowest BCUT2D eigenvalue weighted by Gasteiger charge is -2.26. The Labute approximate surface area is 210 Å². The summed E-state index contributed by atoms with van der Waals surface area (Å²) in [4.78, 5) is 43.2.